The summed E-state index contributed by atoms with van der Waals surface area (Å²) in [6.45, 7) is 11.5. The number of rotatable bonds is 9. The Morgan fingerprint density at radius 3 is 2.62 bits per heavy atom. The molecule has 2 heterocycles. The fourth-order valence-electron chi connectivity index (χ4n) is 4.93. The monoisotopic (exact) mass is 464 g/mol. The predicted molar refractivity (Wildman–Crippen MR) is 135 cm³/mol. The Hall–Kier alpha value is -2.73. The van der Waals surface area contributed by atoms with Gasteiger partial charge >= 0.3 is 0 Å². The normalized spacial score (nSPS) is 14.7. The van der Waals surface area contributed by atoms with E-state index >= 15 is 0 Å². The fourth-order valence-corrected chi connectivity index (χ4v) is 4.93. The Morgan fingerprint density at radius 1 is 1.12 bits per heavy atom. The molecule has 5 nitrogen and oxygen atoms in total. The van der Waals surface area contributed by atoms with Gasteiger partial charge in [0.25, 0.3) is 5.91 Å². The third-order valence-electron chi connectivity index (χ3n) is 6.47. The molecule has 4 rings (SSSR count). The number of carbonyl (C=O) groups excluding carboxylic acids is 1. The second-order valence-electron chi connectivity index (χ2n) is 9.93. The molecule has 0 spiro atoms. The lowest BCUT2D eigenvalue weighted by Gasteiger charge is -2.26. The minimum atomic E-state index is -0.394. The van der Waals surface area contributed by atoms with E-state index in [1.54, 1.807) is 12.1 Å². The maximum absolute atomic E-state index is 13.8. The van der Waals surface area contributed by atoms with Gasteiger partial charge in [-0.05, 0) is 74.2 Å². The van der Waals surface area contributed by atoms with E-state index in [9.17, 15) is 9.18 Å². The highest BCUT2D eigenvalue weighted by molar-refractivity contribution is 5.94. The summed E-state index contributed by atoms with van der Waals surface area (Å²) >= 11 is 0. The smallest absolute Gasteiger partial charge is 0.254 e. The lowest BCUT2D eigenvalue weighted by Crippen LogP contribution is -2.34. The van der Waals surface area contributed by atoms with Crippen molar-refractivity contribution in [3.05, 3.63) is 65.2 Å². The number of carbonyl (C=O) groups is 1. The van der Waals surface area contributed by atoms with Crippen molar-refractivity contribution in [2.45, 2.75) is 66.1 Å². The summed E-state index contributed by atoms with van der Waals surface area (Å²) in [6.07, 6.45) is 4.88. The molecular formula is C28H37FN4O. The molecule has 1 aliphatic rings. The average molecular weight is 465 g/mol. The highest BCUT2D eigenvalue weighted by Gasteiger charge is 2.21. The van der Waals surface area contributed by atoms with Crippen LogP contribution in [0.25, 0.3) is 11.0 Å². The molecule has 0 radical (unpaired) electrons. The highest BCUT2D eigenvalue weighted by Crippen LogP contribution is 2.23. The standard InChI is InChI=1S/C28H37FN4O/c1-4-13-33-26-12-11-22(19-31-14-6-5-7-15-31)16-25(26)30-27(33)20-32(18-21(2)3)28(34)23-9-8-10-24(29)17-23/h8-12,16-17,21H,4-7,13-15,18-20H2,1-3H3. The van der Waals surface area contributed by atoms with Crippen molar-refractivity contribution in [1.29, 1.82) is 0 Å². The number of benzene rings is 2. The molecule has 3 aromatic rings. The van der Waals surface area contributed by atoms with Crippen molar-refractivity contribution < 1.29 is 9.18 Å². The molecule has 1 saturated heterocycles. The molecule has 182 valence electrons. The first-order valence-corrected chi connectivity index (χ1v) is 12.7. The molecule has 6 heteroatoms. The molecule has 0 saturated carbocycles. The van der Waals surface area contributed by atoms with E-state index in [-0.39, 0.29) is 11.8 Å². The first kappa shape index (κ1) is 24.4. The van der Waals surface area contributed by atoms with Crippen molar-refractivity contribution in [2.24, 2.45) is 5.92 Å². The summed E-state index contributed by atoms with van der Waals surface area (Å²) in [5.74, 6) is 0.624. The number of aromatic nitrogens is 2. The average Bonchev–Trinajstić information content (AvgIpc) is 3.15. The number of amides is 1. The van der Waals surface area contributed by atoms with Gasteiger partial charge in [-0.3, -0.25) is 9.69 Å². The van der Waals surface area contributed by atoms with E-state index in [0.717, 1.165) is 36.4 Å². The maximum Gasteiger partial charge on any atom is 0.254 e. The number of imidazole rings is 1. The Balaban J connectivity index is 1.63. The molecule has 1 fully saturated rings. The fraction of sp³-hybridized carbons (Fsp3) is 0.500. The minimum absolute atomic E-state index is 0.158. The van der Waals surface area contributed by atoms with E-state index < -0.39 is 5.82 Å². The zero-order chi connectivity index (χ0) is 24.1. The molecule has 0 unspecified atom stereocenters. The van der Waals surface area contributed by atoms with Crippen LogP contribution in [-0.2, 0) is 19.6 Å². The van der Waals surface area contributed by atoms with Crippen LogP contribution in [0.2, 0.25) is 0 Å². The van der Waals surface area contributed by atoms with E-state index in [1.807, 2.05) is 4.90 Å². The number of hydrogen-bond donors (Lipinski definition) is 0. The van der Waals surface area contributed by atoms with Crippen LogP contribution in [0, 0.1) is 11.7 Å². The molecule has 1 aromatic heterocycles. The van der Waals surface area contributed by atoms with Gasteiger partial charge in [0.05, 0.1) is 17.6 Å². The first-order chi connectivity index (χ1) is 16.4. The van der Waals surface area contributed by atoms with Gasteiger partial charge in [-0.15, -0.1) is 0 Å². The van der Waals surface area contributed by atoms with E-state index in [2.05, 4.69) is 48.4 Å². The van der Waals surface area contributed by atoms with Crippen LogP contribution < -0.4 is 0 Å². The van der Waals surface area contributed by atoms with Crippen molar-refractivity contribution in [3.63, 3.8) is 0 Å². The van der Waals surface area contributed by atoms with Gasteiger partial charge in [0.15, 0.2) is 0 Å². The molecule has 0 atom stereocenters. The van der Waals surface area contributed by atoms with Gasteiger partial charge in [-0.2, -0.15) is 0 Å². The van der Waals surface area contributed by atoms with Crippen LogP contribution in [0.4, 0.5) is 4.39 Å². The van der Waals surface area contributed by atoms with Crippen molar-refractivity contribution in [3.8, 4) is 0 Å². The summed E-state index contributed by atoms with van der Waals surface area (Å²) in [7, 11) is 0. The van der Waals surface area contributed by atoms with Crippen LogP contribution >= 0.6 is 0 Å². The molecule has 34 heavy (non-hydrogen) atoms. The van der Waals surface area contributed by atoms with E-state index in [1.165, 1.54) is 50.0 Å². The van der Waals surface area contributed by atoms with Crippen molar-refractivity contribution >= 4 is 16.9 Å². The van der Waals surface area contributed by atoms with Crippen LogP contribution in [0.15, 0.2) is 42.5 Å². The number of piperidine rings is 1. The summed E-state index contributed by atoms with van der Waals surface area (Å²) < 4.78 is 16.0. The Kier molecular flexibility index (Phi) is 7.99. The van der Waals surface area contributed by atoms with Gasteiger partial charge < -0.3 is 9.47 Å². The number of hydrogen-bond acceptors (Lipinski definition) is 3. The van der Waals surface area contributed by atoms with Crippen LogP contribution in [0.1, 0.15) is 68.2 Å². The Bertz CT molecular complexity index is 1120. The Morgan fingerprint density at radius 2 is 1.91 bits per heavy atom. The van der Waals surface area contributed by atoms with Gasteiger partial charge in [0.1, 0.15) is 11.6 Å². The summed E-state index contributed by atoms with van der Waals surface area (Å²) in [4.78, 5) is 22.6. The maximum atomic E-state index is 13.8. The molecule has 2 aromatic carbocycles. The van der Waals surface area contributed by atoms with Crippen LogP contribution in [0.3, 0.4) is 0 Å². The van der Waals surface area contributed by atoms with Gasteiger partial charge in [-0.25, -0.2) is 9.37 Å². The Labute approximate surface area is 202 Å². The lowest BCUT2D eigenvalue weighted by atomic mass is 10.1. The summed E-state index contributed by atoms with van der Waals surface area (Å²) in [5, 5.41) is 0. The second kappa shape index (κ2) is 11.1. The lowest BCUT2D eigenvalue weighted by molar-refractivity contribution is 0.0715. The summed E-state index contributed by atoms with van der Waals surface area (Å²) in [6, 6.07) is 12.6. The van der Waals surface area contributed by atoms with Crippen LogP contribution in [-0.4, -0.2) is 44.9 Å². The van der Waals surface area contributed by atoms with Crippen molar-refractivity contribution in [2.75, 3.05) is 19.6 Å². The predicted octanol–water partition coefficient (Wildman–Crippen LogP) is 5.87. The van der Waals surface area contributed by atoms with Gasteiger partial charge in [0.2, 0.25) is 0 Å². The van der Waals surface area contributed by atoms with E-state index in [0.29, 0.717) is 18.7 Å². The number of aryl methyl sites for hydroxylation is 1. The largest absolute Gasteiger partial charge is 0.331 e. The molecule has 1 amide bonds. The van der Waals surface area contributed by atoms with Gasteiger partial charge in [-0.1, -0.05) is 39.3 Å². The van der Waals surface area contributed by atoms with Crippen LogP contribution in [0.5, 0.6) is 0 Å². The number of likely N-dealkylation sites (tertiary alicyclic amines) is 1. The molecular weight excluding hydrogens is 427 g/mol. The molecule has 1 aliphatic heterocycles. The minimum Gasteiger partial charge on any atom is -0.331 e. The second-order valence-corrected chi connectivity index (χ2v) is 9.93. The number of halogens is 1. The zero-order valence-corrected chi connectivity index (χ0v) is 20.8. The third-order valence-corrected chi connectivity index (χ3v) is 6.47. The van der Waals surface area contributed by atoms with E-state index in [4.69, 9.17) is 4.98 Å². The molecule has 0 aliphatic carbocycles. The van der Waals surface area contributed by atoms with Gasteiger partial charge in [0, 0.05) is 25.2 Å². The van der Waals surface area contributed by atoms with Crippen molar-refractivity contribution in [1.82, 2.24) is 19.4 Å². The number of fused-ring (bicyclic) bond motifs is 1. The third kappa shape index (κ3) is 5.84. The quantitative estimate of drug-likeness (QED) is 0.398. The SMILES string of the molecule is CCCn1c(CN(CC(C)C)C(=O)c2cccc(F)c2)nc2cc(CN3CCCCC3)ccc21. The molecule has 0 bridgehead atoms. The summed E-state index contributed by atoms with van der Waals surface area (Å²) in [5.41, 5.74) is 3.77. The number of nitrogens with zero attached hydrogens (tertiary/aromatic N) is 4. The molecule has 0 N–H and O–H groups in total. The first-order valence-electron chi connectivity index (χ1n) is 12.7. The highest BCUT2D eigenvalue weighted by atomic mass is 19.1. The zero-order valence-electron chi connectivity index (χ0n) is 20.8. The topological polar surface area (TPSA) is 41.4 Å².